The number of amides is 1. The lowest BCUT2D eigenvalue weighted by Gasteiger charge is -2.54. The second kappa shape index (κ2) is 14.5. The van der Waals surface area contributed by atoms with E-state index in [4.69, 9.17) is 4.74 Å². The number of benzene rings is 1. The van der Waals surface area contributed by atoms with Gasteiger partial charge in [-0.05, 0) is 98.8 Å². The summed E-state index contributed by atoms with van der Waals surface area (Å²) < 4.78 is 74.6. The molecule has 14 heteroatoms. The zero-order chi connectivity index (χ0) is 32.8. The lowest BCUT2D eigenvalue weighted by Crippen LogP contribution is -2.55. The van der Waals surface area contributed by atoms with Crippen LogP contribution < -0.4 is 10.1 Å². The van der Waals surface area contributed by atoms with Crippen molar-refractivity contribution in [2.45, 2.75) is 87.9 Å². The van der Waals surface area contributed by atoms with Crippen LogP contribution in [0.3, 0.4) is 0 Å². The van der Waals surface area contributed by atoms with Crippen molar-refractivity contribution < 1.29 is 31.1 Å². The number of ether oxygens (including phenoxy) is 1. The molecule has 6 fully saturated rings. The molecular weight excluding hydrogens is 667 g/mol. The second-order valence-corrected chi connectivity index (χ2v) is 16.5. The minimum atomic E-state index is -4.53. The fourth-order valence-corrected chi connectivity index (χ4v) is 10.6. The fourth-order valence-electron chi connectivity index (χ4n) is 9.18. The second-order valence-electron chi connectivity index (χ2n) is 14.6. The molecule has 8 rings (SSSR count). The van der Waals surface area contributed by atoms with Crippen molar-refractivity contribution in [3.05, 3.63) is 41.6 Å². The SMILES string of the molecule is Cl.O=C(NC1C2CC3CC(C2)CC1C3)c1cnn(CCN2CCN(S(=O)(=O)c3ccc(C(F)(F)F)cc3)CC2)c1OCC1CCCCC1. The van der Waals surface area contributed by atoms with Gasteiger partial charge < -0.3 is 10.1 Å². The minimum Gasteiger partial charge on any atom is -0.477 e. The maximum Gasteiger partial charge on any atom is 0.416 e. The number of halogens is 4. The number of rotatable bonds is 10. The number of sulfonamides is 1. The number of nitrogens with one attached hydrogen (secondary N) is 1. The smallest absolute Gasteiger partial charge is 0.416 e. The summed E-state index contributed by atoms with van der Waals surface area (Å²) in [5.41, 5.74) is -0.391. The number of nitrogens with zero attached hydrogens (tertiary/aromatic N) is 4. The van der Waals surface area contributed by atoms with Crippen molar-refractivity contribution in [2.24, 2.45) is 29.6 Å². The van der Waals surface area contributed by atoms with E-state index in [0.717, 1.165) is 48.9 Å². The van der Waals surface area contributed by atoms with Gasteiger partial charge in [0.05, 0.1) is 29.8 Å². The molecule has 5 saturated carbocycles. The molecule has 48 heavy (non-hydrogen) atoms. The van der Waals surface area contributed by atoms with Crippen LogP contribution in [0.2, 0.25) is 0 Å². The Kier molecular flexibility index (Phi) is 10.7. The third-order valence-electron chi connectivity index (χ3n) is 11.5. The van der Waals surface area contributed by atoms with E-state index in [1.54, 1.807) is 10.9 Å². The molecule has 9 nitrogen and oxygen atoms in total. The first kappa shape index (κ1) is 35.5. The monoisotopic (exact) mass is 713 g/mol. The van der Waals surface area contributed by atoms with Crippen LogP contribution in [0.25, 0.3) is 0 Å². The molecule has 1 aromatic carbocycles. The molecule has 0 unspecified atom stereocenters. The maximum absolute atomic E-state index is 13.8. The molecule has 1 aliphatic heterocycles. The molecule has 1 N–H and O–H groups in total. The van der Waals surface area contributed by atoms with E-state index in [-0.39, 0.29) is 42.3 Å². The van der Waals surface area contributed by atoms with Gasteiger partial charge in [-0.1, -0.05) is 19.3 Å². The molecule has 2 heterocycles. The van der Waals surface area contributed by atoms with Gasteiger partial charge in [0, 0.05) is 38.8 Å². The van der Waals surface area contributed by atoms with Crippen LogP contribution in [-0.4, -0.2) is 78.7 Å². The van der Waals surface area contributed by atoms with Crippen molar-refractivity contribution >= 4 is 28.3 Å². The van der Waals surface area contributed by atoms with E-state index in [1.807, 2.05) is 0 Å². The minimum absolute atomic E-state index is 0. The molecular formula is C34H47ClF3N5O4S. The number of carbonyl (C=O) groups excluding carboxylic acids is 1. The van der Waals surface area contributed by atoms with Crippen LogP contribution in [0.15, 0.2) is 35.4 Å². The summed E-state index contributed by atoms with van der Waals surface area (Å²) in [5, 5.41) is 8.02. The molecule has 5 aliphatic carbocycles. The molecule has 0 atom stereocenters. The van der Waals surface area contributed by atoms with E-state index < -0.39 is 21.8 Å². The Hall–Kier alpha value is -2.35. The van der Waals surface area contributed by atoms with Gasteiger partial charge in [-0.25, -0.2) is 13.1 Å². The molecule has 1 aromatic heterocycles. The van der Waals surface area contributed by atoms with Gasteiger partial charge in [-0.15, -0.1) is 12.4 Å². The average Bonchev–Trinajstić information content (AvgIpc) is 3.47. The van der Waals surface area contributed by atoms with Crippen LogP contribution in [-0.2, 0) is 22.7 Å². The number of alkyl halides is 3. The van der Waals surface area contributed by atoms with Crippen molar-refractivity contribution in [1.29, 1.82) is 0 Å². The number of aromatic nitrogens is 2. The fraction of sp³-hybridized carbons (Fsp3) is 0.706. The third-order valence-corrected chi connectivity index (χ3v) is 13.4. The predicted molar refractivity (Wildman–Crippen MR) is 176 cm³/mol. The lowest BCUT2D eigenvalue weighted by atomic mass is 9.54. The summed E-state index contributed by atoms with van der Waals surface area (Å²) in [7, 11) is -3.91. The van der Waals surface area contributed by atoms with E-state index in [1.165, 1.54) is 55.7 Å². The van der Waals surface area contributed by atoms with E-state index in [2.05, 4.69) is 15.3 Å². The number of piperazine rings is 1. The Morgan fingerprint density at radius 1 is 0.896 bits per heavy atom. The molecule has 4 bridgehead atoms. The summed E-state index contributed by atoms with van der Waals surface area (Å²) >= 11 is 0. The van der Waals surface area contributed by atoms with Crippen LogP contribution in [0.4, 0.5) is 13.2 Å². The van der Waals surface area contributed by atoms with Crippen LogP contribution in [0.1, 0.15) is 80.1 Å². The van der Waals surface area contributed by atoms with Crippen LogP contribution in [0, 0.1) is 29.6 Å². The lowest BCUT2D eigenvalue weighted by molar-refractivity contribution is -0.137. The highest BCUT2D eigenvalue weighted by molar-refractivity contribution is 7.89. The van der Waals surface area contributed by atoms with Crippen molar-refractivity contribution in [3.63, 3.8) is 0 Å². The molecule has 266 valence electrons. The van der Waals surface area contributed by atoms with Gasteiger partial charge in [0.1, 0.15) is 5.56 Å². The number of carbonyl (C=O) groups is 1. The summed E-state index contributed by atoms with van der Waals surface area (Å²) in [6.45, 7) is 3.03. The van der Waals surface area contributed by atoms with Crippen molar-refractivity contribution in [3.8, 4) is 5.88 Å². The molecule has 2 aromatic rings. The van der Waals surface area contributed by atoms with Crippen molar-refractivity contribution in [1.82, 2.24) is 24.3 Å². The summed E-state index contributed by atoms with van der Waals surface area (Å²) in [4.78, 5) is 15.8. The largest absolute Gasteiger partial charge is 0.477 e. The van der Waals surface area contributed by atoms with E-state index in [9.17, 15) is 26.4 Å². The number of hydrogen-bond donors (Lipinski definition) is 1. The quantitative estimate of drug-likeness (QED) is 0.332. The molecule has 0 spiro atoms. The summed E-state index contributed by atoms with van der Waals surface area (Å²) in [5.74, 6) is 3.67. The Morgan fingerprint density at radius 2 is 1.52 bits per heavy atom. The summed E-state index contributed by atoms with van der Waals surface area (Å²) in [6, 6.07) is 3.87. The zero-order valence-electron chi connectivity index (χ0n) is 27.2. The first-order valence-electron chi connectivity index (χ1n) is 17.4. The van der Waals surface area contributed by atoms with E-state index >= 15 is 0 Å². The van der Waals surface area contributed by atoms with Gasteiger partial charge in [-0.3, -0.25) is 9.69 Å². The summed E-state index contributed by atoms with van der Waals surface area (Å²) in [6.07, 6.45) is 9.28. The van der Waals surface area contributed by atoms with E-state index in [0.29, 0.717) is 62.0 Å². The molecule has 6 aliphatic rings. The molecule has 0 radical (unpaired) electrons. The van der Waals surface area contributed by atoms with Gasteiger partial charge in [0.25, 0.3) is 5.91 Å². The third kappa shape index (κ3) is 7.54. The normalized spacial score (nSPS) is 28.3. The topological polar surface area (TPSA) is 96.8 Å². The van der Waals surface area contributed by atoms with Gasteiger partial charge in [-0.2, -0.15) is 22.6 Å². The average molecular weight is 714 g/mol. The first-order chi connectivity index (χ1) is 22.5. The van der Waals surface area contributed by atoms with Crippen LogP contribution in [0.5, 0.6) is 5.88 Å². The van der Waals surface area contributed by atoms with Crippen LogP contribution >= 0.6 is 12.4 Å². The molecule has 1 saturated heterocycles. The predicted octanol–water partition coefficient (Wildman–Crippen LogP) is 5.84. The highest BCUT2D eigenvalue weighted by Crippen LogP contribution is 2.53. The Bertz CT molecular complexity index is 1490. The van der Waals surface area contributed by atoms with Gasteiger partial charge >= 0.3 is 6.18 Å². The van der Waals surface area contributed by atoms with Gasteiger partial charge in [0.2, 0.25) is 15.9 Å². The highest BCUT2D eigenvalue weighted by Gasteiger charge is 2.49. The first-order valence-corrected chi connectivity index (χ1v) is 18.9. The Balaban J connectivity index is 0.00000401. The number of hydrogen-bond acceptors (Lipinski definition) is 6. The standard InChI is InChI=1S/C34H46F3N5O4S.ClH/c35-34(36,37)28-6-8-29(9-7-28)47(44,45)41-13-10-40(11-14-41)12-15-42-33(46-22-23-4-2-1-3-5-23)30(21-38-42)32(43)39-31-26-17-24-16-25(19-26)20-27(31)18-24;/h6-9,21,23-27,31H,1-5,10-20,22H2,(H,39,43);1H. The van der Waals surface area contributed by atoms with Gasteiger partial charge in [0.15, 0.2) is 0 Å². The Labute approximate surface area is 287 Å². The highest BCUT2D eigenvalue weighted by atomic mass is 35.5. The Morgan fingerprint density at radius 3 is 2.12 bits per heavy atom. The van der Waals surface area contributed by atoms with Crippen molar-refractivity contribution in [2.75, 3.05) is 39.3 Å². The molecule has 1 amide bonds. The maximum atomic E-state index is 13.8. The zero-order valence-corrected chi connectivity index (χ0v) is 28.9.